The van der Waals surface area contributed by atoms with Crippen molar-refractivity contribution in [3.05, 3.63) is 59.7 Å². The Labute approximate surface area is 175 Å². The molecule has 1 aliphatic heterocycles. The van der Waals surface area contributed by atoms with Crippen LogP contribution in [0.4, 0.5) is 0 Å². The van der Waals surface area contributed by atoms with Gasteiger partial charge in [-0.05, 0) is 60.9 Å². The molecule has 1 amide bonds. The van der Waals surface area contributed by atoms with E-state index in [4.69, 9.17) is 9.47 Å². The van der Waals surface area contributed by atoms with Crippen LogP contribution in [0.25, 0.3) is 0 Å². The number of ether oxygens (including phenoxy) is 2. The van der Waals surface area contributed by atoms with Crippen LogP contribution in [0.3, 0.4) is 0 Å². The molecule has 0 bridgehead atoms. The van der Waals surface area contributed by atoms with Crippen LogP contribution in [0.1, 0.15) is 31.4 Å². The first-order valence-corrected chi connectivity index (χ1v) is 10.5. The predicted octanol–water partition coefficient (Wildman–Crippen LogP) is 4.34. The van der Waals surface area contributed by atoms with Gasteiger partial charge in [-0.1, -0.05) is 30.8 Å². The van der Waals surface area contributed by atoms with Gasteiger partial charge in [0, 0.05) is 0 Å². The van der Waals surface area contributed by atoms with Crippen LogP contribution >= 0.6 is 11.8 Å². The lowest BCUT2D eigenvalue weighted by molar-refractivity contribution is -0.124. The molecule has 29 heavy (non-hydrogen) atoms. The highest BCUT2D eigenvalue weighted by molar-refractivity contribution is 8.15. The van der Waals surface area contributed by atoms with Gasteiger partial charge in [-0.3, -0.25) is 9.69 Å². The van der Waals surface area contributed by atoms with E-state index in [2.05, 4.69) is 17.1 Å². The normalized spacial score (nSPS) is 15.8. The van der Waals surface area contributed by atoms with E-state index >= 15 is 0 Å². The third-order valence-electron chi connectivity index (χ3n) is 4.39. The second-order valence-corrected chi connectivity index (χ2v) is 7.50. The van der Waals surface area contributed by atoms with E-state index in [0.717, 1.165) is 34.8 Å². The molecule has 0 radical (unpaired) electrons. The average Bonchev–Trinajstić information content (AvgIpc) is 3.10. The van der Waals surface area contributed by atoms with E-state index < -0.39 is 0 Å². The molecule has 0 N–H and O–H groups in total. The molecule has 7 heteroatoms. The third kappa shape index (κ3) is 5.60. The number of thioether (sulfide) groups is 1. The van der Waals surface area contributed by atoms with Crippen molar-refractivity contribution in [1.29, 1.82) is 0 Å². The van der Waals surface area contributed by atoms with Gasteiger partial charge in [-0.2, -0.15) is 5.10 Å². The molecule has 6 nitrogen and oxygen atoms in total. The molecule has 0 aromatic heterocycles. The maximum absolute atomic E-state index is 12.3. The van der Waals surface area contributed by atoms with Gasteiger partial charge in [0.2, 0.25) is 5.91 Å². The highest BCUT2D eigenvalue weighted by Gasteiger charge is 2.28. The van der Waals surface area contributed by atoms with Crippen LogP contribution in [-0.4, -0.2) is 41.2 Å². The third-order valence-corrected chi connectivity index (χ3v) is 5.34. The highest BCUT2D eigenvalue weighted by Crippen LogP contribution is 2.23. The minimum Gasteiger partial charge on any atom is -0.497 e. The monoisotopic (exact) mass is 411 g/mol. The van der Waals surface area contributed by atoms with Crippen LogP contribution in [0, 0.1) is 0 Å². The Balaban J connectivity index is 1.70. The molecule has 3 rings (SSSR count). The molecule has 2 aromatic carbocycles. The Kier molecular flexibility index (Phi) is 7.30. The fraction of sp³-hybridized carbons (Fsp3) is 0.318. The average molecular weight is 412 g/mol. The van der Waals surface area contributed by atoms with Gasteiger partial charge >= 0.3 is 0 Å². The number of carbonyl (C=O) groups excluding carboxylic acids is 1. The quantitative estimate of drug-likeness (QED) is 0.479. The lowest BCUT2D eigenvalue weighted by Crippen LogP contribution is -2.28. The van der Waals surface area contributed by atoms with Gasteiger partial charge < -0.3 is 9.47 Å². The van der Waals surface area contributed by atoms with Gasteiger partial charge in [-0.25, -0.2) is 0 Å². The number of amides is 1. The molecule has 0 spiro atoms. The Bertz CT molecular complexity index is 893. The van der Waals surface area contributed by atoms with E-state index in [-0.39, 0.29) is 5.91 Å². The summed E-state index contributed by atoms with van der Waals surface area (Å²) in [5, 5.41) is 9.32. The van der Waals surface area contributed by atoms with Gasteiger partial charge in [0.15, 0.2) is 5.17 Å². The van der Waals surface area contributed by atoms with Crippen molar-refractivity contribution in [2.24, 2.45) is 10.2 Å². The SMILES string of the molecule is CCCOc1ccc(/C(C)=N\N=C2\SCC(=O)N2Cc2ccc(OC)cc2)cc1. The zero-order valence-electron chi connectivity index (χ0n) is 16.9. The number of hydrogen-bond acceptors (Lipinski definition) is 6. The topological polar surface area (TPSA) is 63.5 Å². The molecule has 1 heterocycles. The fourth-order valence-electron chi connectivity index (χ4n) is 2.73. The van der Waals surface area contributed by atoms with Crippen LogP contribution in [0.2, 0.25) is 0 Å². The summed E-state index contributed by atoms with van der Waals surface area (Å²) in [5.41, 5.74) is 2.76. The van der Waals surface area contributed by atoms with Gasteiger partial charge in [-0.15, -0.1) is 5.10 Å². The summed E-state index contributed by atoms with van der Waals surface area (Å²) in [6.45, 7) is 5.15. The molecular formula is C22H25N3O3S. The minimum absolute atomic E-state index is 0.0369. The first-order chi connectivity index (χ1) is 14.1. The van der Waals surface area contributed by atoms with E-state index in [1.165, 1.54) is 11.8 Å². The predicted molar refractivity (Wildman–Crippen MR) is 118 cm³/mol. The lowest BCUT2D eigenvalue weighted by Gasteiger charge is -2.15. The standard InChI is InChI=1S/C22H25N3O3S/c1-4-13-28-20-11-7-18(8-12-20)16(2)23-24-22-25(21(26)15-29-22)14-17-5-9-19(27-3)10-6-17/h5-12H,4,13-15H2,1-3H3/b23-16-,24-22+. The number of methoxy groups -OCH3 is 1. The molecule has 0 atom stereocenters. The number of benzene rings is 2. The van der Waals surface area contributed by atoms with Crippen molar-refractivity contribution >= 4 is 28.5 Å². The van der Waals surface area contributed by atoms with E-state index in [1.54, 1.807) is 12.0 Å². The van der Waals surface area contributed by atoms with Crippen LogP contribution in [-0.2, 0) is 11.3 Å². The summed E-state index contributed by atoms with van der Waals surface area (Å²) in [6, 6.07) is 15.5. The van der Waals surface area contributed by atoms with Crippen LogP contribution in [0.15, 0.2) is 58.7 Å². The summed E-state index contributed by atoms with van der Waals surface area (Å²) in [6.07, 6.45) is 0.975. The van der Waals surface area contributed by atoms with Crippen molar-refractivity contribution in [3.63, 3.8) is 0 Å². The summed E-state index contributed by atoms with van der Waals surface area (Å²) >= 11 is 1.41. The Hall–Kier alpha value is -2.80. The van der Waals surface area contributed by atoms with Crippen molar-refractivity contribution in [2.45, 2.75) is 26.8 Å². The maximum Gasteiger partial charge on any atom is 0.239 e. The minimum atomic E-state index is 0.0369. The van der Waals surface area contributed by atoms with Gasteiger partial charge in [0.05, 0.1) is 31.7 Å². The van der Waals surface area contributed by atoms with Crippen molar-refractivity contribution < 1.29 is 14.3 Å². The molecule has 1 fully saturated rings. The summed E-state index contributed by atoms with van der Waals surface area (Å²) in [7, 11) is 1.63. The van der Waals surface area contributed by atoms with Crippen molar-refractivity contribution in [3.8, 4) is 11.5 Å². The van der Waals surface area contributed by atoms with Crippen LogP contribution in [0.5, 0.6) is 11.5 Å². The van der Waals surface area contributed by atoms with E-state index in [1.807, 2.05) is 55.5 Å². The van der Waals surface area contributed by atoms with Crippen LogP contribution < -0.4 is 9.47 Å². The van der Waals surface area contributed by atoms with Gasteiger partial charge in [0.25, 0.3) is 0 Å². The smallest absolute Gasteiger partial charge is 0.239 e. The molecule has 0 unspecified atom stereocenters. The first kappa shape index (κ1) is 20.9. The highest BCUT2D eigenvalue weighted by atomic mass is 32.2. The summed E-state index contributed by atoms with van der Waals surface area (Å²) < 4.78 is 10.8. The number of hydrogen-bond donors (Lipinski definition) is 0. The Morgan fingerprint density at radius 2 is 1.79 bits per heavy atom. The number of amidine groups is 1. The Morgan fingerprint density at radius 3 is 2.45 bits per heavy atom. The zero-order valence-corrected chi connectivity index (χ0v) is 17.7. The fourth-order valence-corrected chi connectivity index (χ4v) is 3.56. The lowest BCUT2D eigenvalue weighted by atomic mass is 10.1. The molecule has 2 aromatic rings. The summed E-state index contributed by atoms with van der Waals surface area (Å²) in [4.78, 5) is 14.0. The molecule has 1 saturated heterocycles. The zero-order chi connectivity index (χ0) is 20.6. The van der Waals surface area contributed by atoms with Crippen molar-refractivity contribution in [1.82, 2.24) is 4.90 Å². The van der Waals surface area contributed by atoms with Gasteiger partial charge in [0.1, 0.15) is 11.5 Å². The first-order valence-electron chi connectivity index (χ1n) is 9.52. The number of nitrogens with zero attached hydrogens (tertiary/aromatic N) is 3. The number of carbonyl (C=O) groups is 1. The van der Waals surface area contributed by atoms with E-state index in [0.29, 0.717) is 24.1 Å². The summed E-state index contributed by atoms with van der Waals surface area (Å²) in [5.74, 6) is 2.05. The maximum atomic E-state index is 12.3. The van der Waals surface area contributed by atoms with E-state index in [9.17, 15) is 4.79 Å². The molecule has 0 aliphatic carbocycles. The van der Waals surface area contributed by atoms with Crippen molar-refractivity contribution in [2.75, 3.05) is 19.5 Å². The molecule has 0 saturated carbocycles. The second-order valence-electron chi connectivity index (χ2n) is 6.56. The molecule has 152 valence electrons. The number of rotatable bonds is 8. The second kappa shape index (κ2) is 10.1. The Morgan fingerprint density at radius 1 is 1.10 bits per heavy atom. The molecule has 1 aliphatic rings. The molecular weight excluding hydrogens is 386 g/mol. The largest absolute Gasteiger partial charge is 0.497 e.